The van der Waals surface area contributed by atoms with Crippen LogP contribution in [0.4, 0.5) is 0 Å². The molecule has 23 heavy (non-hydrogen) atoms. The van der Waals surface area contributed by atoms with Crippen LogP contribution in [-0.2, 0) is 14.8 Å². The van der Waals surface area contributed by atoms with Crippen molar-refractivity contribution in [3.63, 3.8) is 0 Å². The highest BCUT2D eigenvalue weighted by Crippen LogP contribution is 2.22. The molecule has 0 bridgehead atoms. The minimum atomic E-state index is -3.14. The van der Waals surface area contributed by atoms with E-state index in [0.717, 1.165) is 12.0 Å². The van der Waals surface area contributed by atoms with Crippen molar-refractivity contribution in [2.45, 2.75) is 39.2 Å². The molecule has 0 spiro atoms. The van der Waals surface area contributed by atoms with Gasteiger partial charge in [0, 0.05) is 19.0 Å². The molecule has 5 nitrogen and oxygen atoms in total. The summed E-state index contributed by atoms with van der Waals surface area (Å²) >= 11 is 0. The number of nitrogens with one attached hydrogen (secondary N) is 1. The standard InChI is InChI=1S/C17H26N2O3S/c1-3-16(14-8-6-5-7-9-14)18-17(20)15-10-12-19(13-11-15)23(21,22)4-2/h5-9,15-16H,3-4,10-13H2,1-2H3,(H,18,20). The second-order valence-electron chi connectivity index (χ2n) is 5.95. The third-order valence-electron chi connectivity index (χ3n) is 4.51. The third kappa shape index (κ3) is 4.54. The van der Waals surface area contributed by atoms with Crippen LogP contribution in [0.2, 0.25) is 0 Å². The minimum Gasteiger partial charge on any atom is -0.349 e. The molecule has 1 aromatic carbocycles. The first kappa shape index (κ1) is 17.9. The topological polar surface area (TPSA) is 66.5 Å². The molecule has 1 atom stereocenters. The zero-order chi connectivity index (χ0) is 16.9. The van der Waals surface area contributed by atoms with Gasteiger partial charge in [0.2, 0.25) is 15.9 Å². The van der Waals surface area contributed by atoms with Crippen LogP contribution in [0, 0.1) is 5.92 Å². The Morgan fingerprint density at radius 3 is 2.35 bits per heavy atom. The van der Waals surface area contributed by atoms with E-state index in [-0.39, 0.29) is 23.6 Å². The summed E-state index contributed by atoms with van der Waals surface area (Å²) in [7, 11) is -3.14. The molecule has 1 fully saturated rings. The van der Waals surface area contributed by atoms with Gasteiger partial charge in [-0.3, -0.25) is 4.79 Å². The lowest BCUT2D eigenvalue weighted by atomic mass is 9.96. The molecular formula is C17H26N2O3S. The second-order valence-corrected chi connectivity index (χ2v) is 8.21. The maximum absolute atomic E-state index is 12.5. The summed E-state index contributed by atoms with van der Waals surface area (Å²) in [5, 5.41) is 3.11. The van der Waals surface area contributed by atoms with Crippen LogP contribution in [-0.4, -0.2) is 37.5 Å². The van der Waals surface area contributed by atoms with Gasteiger partial charge in [-0.05, 0) is 31.7 Å². The Morgan fingerprint density at radius 1 is 1.22 bits per heavy atom. The minimum absolute atomic E-state index is 0.0149. The van der Waals surface area contributed by atoms with E-state index in [1.807, 2.05) is 37.3 Å². The maximum Gasteiger partial charge on any atom is 0.223 e. The smallest absolute Gasteiger partial charge is 0.223 e. The molecule has 1 unspecified atom stereocenters. The highest BCUT2D eigenvalue weighted by Gasteiger charge is 2.30. The Bertz CT molecular complexity index is 608. The predicted octanol–water partition coefficient (Wildman–Crippen LogP) is 2.32. The molecule has 0 saturated carbocycles. The fourth-order valence-corrected chi connectivity index (χ4v) is 4.11. The predicted molar refractivity (Wildman–Crippen MR) is 91.4 cm³/mol. The zero-order valence-electron chi connectivity index (χ0n) is 13.9. The fraction of sp³-hybridized carbons (Fsp3) is 0.588. The van der Waals surface area contributed by atoms with Crippen molar-refractivity contribution >= 4 is 15.9 Å². The van der Waals surface area contributed by atoms with E-state index in [0.29, 0.717) is 25.9 Å². The number of hydrogen-bond acceptors (Lipinski definition) is 3. The van der Waals surface area contributed by atoms with Crippen LogP contribution >= 0.6 is 0 Å². The molecule has 128 valence electrons. The lowest BCUT2D eigenvalue weighted by Gasteiger charge is -2.31. The van der Waals surface area contributed by atoms with Gasteiger partial charge in [0.25, 0.3) is 0 Å². The Kier molecular flexibility index (Phi) is 6.18. The quantitative estimate of drug-likeness (QED) is 0.865. The number of rotatable bonds is 6. The molecular weight excluding hydrogens is 312 g/mol. The van der Waals surface area contributed by atoms with E-state index in [1.165, 1.54) is 4.31 Å². The SMILES string of the molecule is CCC(NC(=O)C1CCN(S(=O)(=O)CC)CC1)c1ccccc1. The van der Waals surface area contributed by atoms with Crippen molar-refractivity contribution in [3.05, 3.63) is 35.9 Å². The summed E-state index contributed by atoms with van der Waals surface area (Å²) in [6.45, 7) is 4.58. The van der Waals surface area contributed by atoms with Crippen molar-refractivity contribution in [2.24, 2.45) is 5.92 Å². The van der Waals surface area contributed by atoms with Crippen LogP contribution in [0.5, 0.6) is 0 Å². The maximum atomic E-state index is 12.5. The Balaban J connectivity index is 1.92. The van der Waals surface area contributed by atoms with Crippen LogP contribution in [0.3, 0.4) is 0 Å². The van der Waals surface area contributed by atoms with Crippen molar-refractivity contribution in [1.82, 2.24) is 9.62 Å². The van der Waals surface area contributed by atoms with Crippen LogP contribution in [0.1, 0.15) is 44.7 Å². The van der Waals surface area contributed by atoms with Gasteiger partial charge in [-0.15, -0.1) is 0 Å². The van der Waals surface area contributed by atoms with Crippen LogP contribution < -0.4 is 5.32 Å². The van der Waals surface area contributed by atoms with Crippen LogP contribution in [0.25, 0.3) is 0 Å². The highest BCUT2D eigenvalue weighted by molar-refractivity contribution is 7.89. The molecule has 1 aromatic rings. The molecule has 0 aliphatic carbocycles. The lowest BCUT2D eigenvalue weighted by Crippen LogP contribution is -2.44. The van der Waals surface area contributed by atoms with E-state index >= 15 is 0 Å². The molecule has 6 heteroatoms. The van der Waals surface area contributed by atoms with Gasteiger partial charge >= 0.3 is 0 Å². The second kappa shape index (κ2) is 7.93. The van der Waals surface area contributed by atoms with Crippen molar-refractivity contribution in [1.29, 1.82) is 0 Å². The van der Waals surface area contributed by atoms with Gasteiger partial charge in [0.15, 0.2) is 0 Å². The van der Waals surface area contributed by atoms with Gasteiger partial charge in [-0.25, -0.2) is 12.7 Å². The molecule has 1 heterocycles. The summed E-state index contributed by atoms with van der Waals surface area (Å²) in [6, 6.07) is 9.95. The lowest BCUT2D eigenvalue weighted by molar-refractivity contribution is -0.126. The first-order valence-electron chi connectivity index (χ1n) is 8.31. The third-order valence-corrected chi connectivity index (χ3v) is 6.39. The Labute approximate surface area is 139 Å². The first-order chi connectivity index (χ1) is 11.0. The number of carbonyl (C=O) groups is 1. The Hall–Kier alpha value is -1.40. The van der Waals surface area contributed by atoms with Crippen molar-refractivity contribution < 1.29 is 13.2 Å². The van der Waals surface area contributed by atoms with Gasteiger partial charge in [0.1, 0.15) is 0 Å². The number of benzene rings is 1. The zero-order valence-corrected chi connectivity index (χ0v) is 14.7. The Morgan fingerprint density at radius 2 is 1.83 bits per heavy atom. The van der Waals surface area contributed by atoms with E-state index < -0.39 is 10.0 Å². The first-order valence-corrected chi connectivity index (χ1v) is 9.92. The number of piperidine rings is 1. The molecule has 1 aliphatic heterocycles. The molecule has 0 radical (unpaired) electrons. The summed E-state index contributed by atoms with van der Waals surface area (Å²) in [5.74, 6) is 0.0563. The molecule has 1 amide bonds. The largest absolute Gasteiger partial charge is 0.349 e. The van der Waals surface area contributed by atoms with Crippen LogP contribution in [0.15, 0.2) is 30.3 Å². The highest BCUT2D eigenvalue weighted by atomic mass is 32.2. The number of hydrogen-bond donors (Lipinski definition) is 1. The van der Waals surface area contributed by atoms with Gasteiger partial charge in [-0.1, -0.05) is 37.3 Å². The molecule has 1 N–H and O–H groups in total. The van der Waals surface area contributed by atoms with Crippen molar-refractivity contribution in [2.75, 3.05) is 18.8 Å². The van der Waals surface area contributed by atoms with E-state index in [2.05, 4.69) is 5.32 Å². The summed E-state index contributed by atoms with van der Waals surface area (Å²) in [5.41, 5.74) is 1.11. The number of amides is 1. The summed E-state index contributed by atoms with van der Waals surface area (Å²) < 4.78 is 25.2. The number of nitrogens with zero attached hydrogens (tertiary/aromatic N) is 1. The number of carbonyl (C=O) groups excluding carboxylic acids is 1. The number of sulfonamides is 1. The average Bonchev–Trinajstić information content (AvgIpc) is 2.60. The van der Waals surface area contributed by atoms with E-state index in [1.54, 1.807) is 6.92 Å². The molecule has 0 aromatic heterocycles. The molecule has 1 saturated heterocycles. The van der Waals surface area contributed by atoms with Gasteiger partial charge in [0.05, 0.1) is 11.8 Å². The van der Waals surface area contributed by atoms with Gasteiger partial charge in [-0.2, -0.15) is 0 Å². The monoisotopic (exact) mass is 338 g/mol. The molecule has 1 aliphatic rings. The van der Waals surface area contributed by atoms with E-state index in [4.69, 9.17) is 0 Å². The van der Waals surface area contributed by atoms with Crippen molar-refractivity contribution in [3.8, 4) is 0 Å². The molecule has 2 rings (SSSR count). The fourth-order valence-electron chi connectivity index (χ4n) is 2.97. The average molecular weight is 338 g/mol. The summed E-state index contributed by atoms with van der Waals surface area (Å²) in [6.07, 6.45) is 2.02. The van der Waals surface area contributed by atoms with Gasteiger partial charge < -0.3 is 5.32 Å². The van der Waals surface area contributed by atoms with E-state index in [9.17, 15) is 13.2 Å². The normalized spacial score (nSPS) is 18.5. The summed E-state index contributed by atoms with van der Waals surface area (Å²) in [4.78, 5) is 12.5.